The first-order chi connectivity index (χ1) is 9.01. The predicted molar refractivity (Wildman–Crippen MR) is 77.3 cm³/mol. The second kappa shape index (κ2) is 5.40. The summed E-state index contributed by atoms with van der Waals surface area (Å²) in [7, 11) is 1.59. The van der Waals surface area contributed by atoms with Crippen molar-refractivity contribution >= 4 is 22.9 Å². The third kappa shape index (κ3) is 2.93. The molecule has 4 nitrogen and oxygen atoms in total. The van der Waals surface area contributed by atoms with Crippen molar-refractivity contribution in [1.82, 2.24) is 4.98 Å². The van der Waals surface area contributed by atoms with E-state index >= 15 is 0 Å². The van der Waals surface area contributed by atoms with Gasteiger partial charge in [0.25, 0.3) is 5.91 Å². The molecule has 1 amide bonds. The van der Waals surface area contributed by atoms with E-state index in [-0.39, 0.29) is 5.91 Å². The van der Waals surface area contributed by atoms with Gasteiger partial charge in [0.05, 0.1) is 23.5 Å². The number of nitrogens with one attached hydrogen (secondary N) is 1. The first-order valence-corrected chi connectivity index (χ1v) is 6.73. The Morgan fingerprint density at radius 2 is 2.05 bits per heavy atom. The Balaban J connectivity index is 2.28. The minimum Gasteiger partial charge on any atom is -0.495 e. The Morgan fingerprint density at radius 3 is 2.63 bits per heavy atom. The van der Waals surface area contributed by atoms with E-state index in [0.717, 1.165) is 16.3 Å². The second-order valence-corrected chi connectivity index (χ2v) is 5.51. The molecule has 0 fully saturated rings. The van der Waals surface area contributed by atoms with E-state index in [2.05, 4.69) is 10.3 Å². The molecule has 5 heteroatoms. The largest absolute Gasteiger partial charge is 0.495 e. The lowest BCUT2D eigenvalue weighted by Gasteiger charge is -2.10. The molecular formula is C14H16N2O2S. The van der Waals surface area contributed by atoms with E-state index < -0.39 is 0 Å². The fourth-order valence-corrected chi connectivity index (χ4v) is 2.66. The van der Waals surface area contributed by atoms with E-state index in [1.54, 1.807) is 7.11 Å². The number of benzene rings is 1. The zero-order valence-corrected chi connectivity index (χ0v) is 12.2. The Kier molecular flexibility index (Phi) is 3.85. The topological polar surface area (TPSA) is 51.2 Å². The van der Waals surface area contributed by atoms with Gasteiger partial charge in [-0.05, 0) is 38.5 Å². The molecule has 0 saturated heterocycles. The molecule has 19 heavy (non-hydrogen) atoms. The van der Waals surface area contributed by atoms with Crippen molar-refractivity contribution < 1.29 is 9.53 Å². The molecule has 1 aromatic heterocycles. The fourth-order valence-electron chi connectivity index (χ4n) is 1.84. The van der Waals surface area contributed by atoms with E-state index in [0.29, 0.717) is 16.3 Å². The van der Waals surface area contributed by atoms with Crippen LogP contribution in [0.4, 0.5) is 5.69 Å². The summed E-state index contributed by atoms with van der Waals surface area (Å²) in [4.78, 5) is 17.1. The third-order valence-electron chi connectivity index (χ3n) is 2.71. The van der Waals surface area contributed by atoms with Crippen molar-refractivity contribution in [2.24, 2.45) is 0 Å². The van der Waals surface area contributed by atoms with Crippen molar-refractivity contribution in [3.63, 3.8) is 0 Å². The van der Waals surface area contributed by atoms with Gasteiger partial charge >= 0.3 is 0 Å². The minimum atomic E-state index is -0.146. The number of carbonyl (C=O) groups excluding carboxylic acids is 1. The molecule has 0 unspecified atom stereocenters. The molecule has 0 bridgehead atoms. The normalized spacial score (nSPS) is 10.3. The molecule has 0 aliphatic rings. The van der Waals surface area contributed by atoms with Crippen LogP contribution in [0.5, 0.6) is 5.75 Å². The highest BCUT2D eigenvalue weighted by atomic mass is 32.1. The van der Waals surface area contributed by atoms with Crippen LogP contribution in [0, 0.1) is 20.8 Å². The lowest BCUT2D eigenvalue weighted by atomic mass is 10.2. The Morgan fingerprint density at radius 1 is 1.32 bits per heavy atom. The van der Waals surface area contributed by atoms with Crippen molar-refractivity contribution in [1.29, 1.82) is 0 Å². The molecule has 1 heterocycles. The maximum atomic E-state index is 12.2. The van der Waals surface area contributed by atoms with Crippen molar-refractivity contribution in [3.8, 4) is 5.75 Å². The van der Waals surface area contributed by atoms with Crippen LogP contribution in [0.1, 0.15) is 25.9 Å². The third-order valence-corrected chi connectivity index (χ3v) is 3.78. The van der Waals surface area contributed by atoms with Crippen LogP contribution in [-0.4, -0.2) is 18.0 Å². The van der Waals surface area contributed by atoms with E-state index in [1.165, 1.54) is 11.3 Å². The van der Waals surface area contributed by atoms with E-state index in [9.17, 15) is 4.79 Å². The smallest absolute Gasteiger partial charge is 0.267 e. The Bertz CT molecular complexity index is 620. The Labute approximate surface area is 116 Å². The van der Waals surface area contributed by atoms with Gasteiger partial charge in [0.15, 0.2) is 0 Å². The number of anilines is 1. The van der Waals surface area contributed by atoms with Crippen LogP contribution in [0.15, 0.2) is 18.2 Å². The number of thiazole rings is 1. The van der Waals surface area contributed by atoms with E-state index in [4.69, 9.17) is 4.74 Å². The van der Waals surface area contributed by atoms with Gasteiger partial charge in [-0.1, -0.05) is 6.07 Å². The van der Waals surface area contributed by atoms with Crippen LogP contribution in [0.3, 0.4) is 0 Å². The number of aryl methyl sites for hydroxylation is 3. The van der Waals surface area contributed by atoms with Gasteiger partial charge < -0.3 is 10.1 Å². The molecular weight excluding hydrogens is 260 g/mol. The maximum absolute atomic E-state index is 12.2. The zero-order chi connectivity index (χ0) is 14.0. The molecule has 100 valence electrons. The quantitative estimate of drug-likeness (QED) is 0.935. The number of hydrogen-bond acceptors (Lipinski definition) is 4. The molecule has 1 N–H and O–H groups in total. The zero-order valence-electron chi connectivity index (χ0n) is 11.4. The summed E-state index contributed by atoms with van der Waals surface area (Å²) in [6.45, 7) is 5.70. The number of nitrogens with zero attached hydrogens (tertiary/aromatic N) is 1. The van der Waals surface area contributed by atoms with Gasteiger partial charge in [0.2, 0.25) is 0 Å². The Hall–Kier alpha value is -1.88. The number of rotatable bonds is 3. The molecule has 0 atom stereocenters. The van der Waals surface area contributed by atoms with Crippen LogP contribution in [0.2, 0.25) is 0 Å². The van der Waals surface area contributed by atoms with Gasteiger partial charge in [-0.15, -0.1) is 11.3 Å². The number of methoxy groups -OCH3 is 1. The molecule has 0 saturated carbocycles. The number of carbonyl (C=O) groups is 1. The average molecular weight is 276 g/mol. The first-order valence-electron chi connectivity index (χ1n) is 5.91. The standard InChI is InChI=1S/C14H16N2O2S/c1-8-5-6-12(18-4)11(7-8)16-14(17)13-9(2)15-10(3)19-13/h5-7H,1-4H3,(H,16,17). The molecule has 0 radical (unpaired) electrons. The number of aromatic nitrogens is 1. The van der Waals surface area contributed by atoms with Crippen LogP contribution in [-0.2, 0) is 0 Å². The SMILES string of the molecule is COc1ccc(C)cc1NC(=O)c1sc(C)nc1C. The average Bonchev–Trinajstić information content (AvgIpc) is 2.69. The lowest BCUT2D eigenvalue weighted by Crippen LogP contribution is -2.12. The number of ether oxygens (including phenoxy) is 1. The number of amides is 1. The van der Waals surface area contributed by atoms with Gasteiger partial charge in [-0.25, -0.2) is 4.98 Å². The fraction of sp³-hybridized carbons (Fsp3) is 0.286. The minimum absolute atomic E-state index is 0.146. The molecule has 2 rings (SSSR count). The monoisotopic (exact) mass is 276 g/mol. The highest BCUT2D eigenvalue weighted by molar-refractivity contribution is 7.13. The summed E-state index contributed by atoms with van der Waals surface area (Å²) in [6, 6.07) is 5.67. The summed E-state index contributed by atoms with van der Waals surface area (Å²) in [5.74, 6) is 0.504. The lowest BCUT2D eigenvalue weighted by molar-refractivity contribution is 0.102. The molecule has 0 aliphatic carbocycles. The van der Waals surface area contributed by atoms with Crippen LogP contribution >= 0.6 is 11.3 Å². The predicted octanol–water partition coefficient (Wildman–Crippen LogP) is 3.33. The highest BCUT2D eigenvalue weighted by Crippen LogP contribution is 2.27. The van der Waals surface area contributed by atoms with Crippen molar-refractivity contribution in [2.45, 2.75) is 20.8 Å². The molecule has 1 aromatic carbocycles. The van der Waals surface area contributed by atoms with Crippen molar-refractivity contribution in [3.05, 3.63) is 39.3 Å². The van der Waals surface area contributed by atoms with Gasteiger partial charge in [-0.2, -0.15) is 0 Å². The van der Waals surface area contributed by atoms with Gasteiger partial charge in [0.1, 0.15) is 10.6 Å². The summed E-state index contributed by atoms with van der Waals surface area (Å²) in [6.07, 6.45) is 0. The number of hydrogen-bond donors (Lipinski definition) is 1. The molecule has 2 aromatic rings. The second-order valence-electron chi connectivity index (χ2n) is 4.31. The van der Waals surface area contributed by atoms with Crippen LogP contribution in [0.25, 0.3) is 0 Å². The molecule has 0 aliphatic heterocycles. The van der Waals surface area contributed by atoms with Gasteiger partial charge in [-0.3, -0.25) is 4.79 Å². The summed E-state index contributed by atoms with van der Waals surface area (Å²) >= 11 is 1.40. The molecule has 0 spiro atoms. The van der Waals surface area contributed by atoms with Gasteiger partial charge in [0, 0.05) is 0 Å². The highest BCUT2D eigenvalue weighted by Gasteiger charge is 2.15. The van der Waals surface area contributed by atoms with Crippen molar-refractivity contribution in [2.75, 3.05) is 12.4 Å². The van der Waals surface area contributed by atoms with E-state index in [1.807, 2.05) is 39.0 Å². The summed E-state index contributed by atoms with van der Waals surface area (Å²) in [5.41, 5.74) is 2.50. The first kappa shape index (κ1) is 13.5. The van der Waals surface area contributed by atoms with Crippen LogP contribution < -0.4 is 10.1 Å². The summed E-state index contributed by atoms with van der Waals surface area (Å²) < 4.78 is 5.25. The maximum Gasteiger partial charge on any atom is 0.267 e. The summed E-state index contributed by atoms with van der Waals surface area (Å²) in [5, 5.41) is 3.77.